The van der Waals surface area contributed by atoms with Crippen molar-refractivity contribution in [1.82, 2.24) is 0 Å². The van der Waals surface area contributed by atoms with Gasteiger partial charge in [-0.15, -0.1) is 0 Å². The Kier molecular flexibility index (Phi) is 3.94. The molecule has 0 amide bonds. The van der Waals surface area contributed by atoms with Gasteiger partial charge in [-0.1, -0.05) is 0 Å². The fourth-order valence-electron chi connectivity index (χ4n) is 0.835. The molecule has 0 radical (unpaired) electrons. The van der Waals surface area contributed by atoms with Crippen LogP contribution in [0.5, 0.6) is 0 Å². The predicted octanol–water partition coefficient (Wildman–Crippen LogP) is 0.736. The molecule has 0 aromatic heterocycles. The average Bonchev–Trinajstić information content (AvgIpc) is 2.16. The molecular formula is C9H5F7I-. The van der Waals surface area contributed by atoms with Crippen LogP contribution in [0.3, 0.4) is 0 Å². The van der Waals surface area contributed by atoms with Crippen LogP contribution < -0.4 is 21.2 Å². The summed E-state index contributed by atoms with van der Waals surface area (Å²) in [5.41, 5.74) is 0. The molecule has 0 aliphatic heterocycles. The summed E-state index contributed by atoms with van der Waals surface area (Å²) in [4.78, 5) is 0. The number of hydrogen-bond acceptors (Lipinski definition) is 0. The Morgan fingerprint density at radius 2 is 1.24 bits per heavy atom. The molecule has 17 heavy (non-hydrogen) atoms. The third-order valence-corrected chi connectivity index (χ3v) is 4.37. The first-order valence-corrected chi connectivity index (χ1v) is 6.27. The van der Waals surface area contributed by atoms with Crippen molar-refractivity contribution in [3.8, 4) is 0 Å². The van der Waals surface area contributed by atoms with Crippen molar-refractivity contribution in [1.29, 1.82) is 0 Å². The Labute approximate surface area is 102 Å². The molecule has 8 heteroatoms. The van der Waals surface area contributed by atoms with E-state index < -0.39 is 37.2 Å². The molecule has 0 N–H and O–H groups in total. The minimum absolute atomic E-state index is 0.180. The van der Waals surface area contributed by atoms with E-state index in [9.17, 15) is 30.7 Å². The third kappa shape index (κ3) is 3.02. The quantitative estimate of drug-likeness (QED) is 0.417. The second-order valence-electron chi connectivity index (χ2n) is 2.96. The summed E-state index contributed by atoms with van der Waals surface area (Å²) in [7, 11) is 0. The van der Waals surface area contributed by atoms with Gasteiger partial charge in [-0.05, 0) is 0 Å². The first-order chi connectivity index (χ1) is 7.58. The molecule has 0 heterocycles. The second-order valence-corrected chi connectivity index (χ2v) is 6.10. The van der Waals surface area contributed by atoms with E-state index in [0.29, 0.717) is 0 Å². The molecule has 0 bridgehead atoms. The summed E-state index contributed by atoms with van der Waals surface area (Å²) in [6.45, 7) is 0. The van der Waals surface area contributed by atoms with Crippen LogP contribution in [0, 0.1) is 3.57 Å². The molecule has 0 aliphatic rings. The van der Waals surface area contributed by atoms with E-state index in [0.717, 1.165) is 12.1 Å². The van der Waals surface area contributed by atoms with Gasteiger partial charge in [0.25, 0.3) is 0 Å². The molecule has 0 fully saturated rings. The summed E-state index contributed by atoms with van der Waals surface area (Å²) >= 11 is -2.78. The zero-order chi connectivity index (χ0) is 13.3. The van der Waals surface area contributed by atoms with Crippen LogP contribution in [0.4, 0.5) is 30.7 Å². The van der Waals surface area contributed by atoms with Crippen LogP contribution in [-0.2, 0) is 0 Å². The molecule has 0 unspecified atom stereocenters. The maximum absolute atomic E-state index is 13.0. The standard InChI is InChI=1S/C9H5F7I/c10-7(11,8(12,13)14)9(15,16)17-6-4-2-1-3-5-6/h1-5H/q-1. The number of hydrogen-bond donors (Lipinski definition) is 0. The van der Waals surface area contributed by atoms with Gasteiger partial charge >= 0.3 is 102 Å². The van der Waals surface area contributed by atoms with Crippen LogP contribution >= 0.6 is 0 Å². The Morgan fingerprint density at radius 3 is 1.65 bits per heavy atom. The molecule has 0 saturated carbocycles. The molecule has 0 nitrogen and oxygen atoms in total. The van der Waals surface area contributed by atoms with Gasteiger partial charge in [0.05, 0.1) is 0 Å². The Bertz CT molecular complexity index is 371. The fourth-order valence-corrected chi connectivity index (χ4v) is 3.04. The molecule has 98 valence electrons. The first kappa shape index (κ1) is 14.5. The van der Waals surface area contributed by atoms with E-state index >= 15 is 0 Å². The molecular weight excluding hydrogens is 368 g/mol. The van der Waals surface area contributed by atoms with Gasteiger partial charge in [0, 0.05) is 0 Å². The van der Waals surface area contributed by atoms with Crippen molar-refractivity contribution in [3.05, 3.63) is 33.9 Å². The van der Waals surface area contributed by atoms with Gasteiger partial charge in [-0.2, -0.15) is 0 Å². The van der Waals surface area contributed by atoms with Crippen molar-refractivity contribution in [2.75, 3.05) is 0 Å². The van der Waals surface area contributed by atoms with E-state index in [1.54, 1.807) is 0 Å². The van der Waals surface area contributed by atoms with Gasteiger partial charge in [-0.3, -0.25) is 0 Å². The molecule has 1 rings (SSSR count). The summed E-state index contributed by atoms with van der Waals surface area (Å²) in [6, 6.07) is 6.27. The number of rotatable bonds is 3. The number of alkyl halides is 8. The monoisotopic (exact) mass is 373 g/mol. The Hall–Kier alpha value is -0.540. The van der Waals surface area contributed by atoms with Gasteiger partial charge < -0.3 is 0 Å². The minimum atomic E-state index is -6.25. The molecule has 0 atom stereocenters. The molecule has 1 aromatic carbocycles. The first-order valence-electron chi connectivity index (χ1n) is 4.11. The molecule has 1 aromatic rings. The van der Waals surface area contributed by atoms with E-state index in [4.69, 9.17) is 0 Å². The summed E-state index contributed by atoms with van der Waals surface area (Å²) in [5.74, 6) is -6.00. The topological polar surface area (TPSA) is 0 Å². The van der Waals surface area contributed by atoms with Crippen LogP contribution in [0.25, 0.3) is 0 Å². The van der Waals surface area contributed by atoms with Crippen molar-refractivity contribution >= 4 is 0 Å². The summed E-state index contributed by atoms with van der Waals surface area (Å²) in [5, 5.41) is 0. The van der Waals surface area contributed by atoms with Crippen LogP contribution in [-0.4, -0.2) is 16.0 Å². The van der Waals surface area contributed by atoms with Crippen molar-refractivity contribution in [3.63, 3.8) is 0 Å². The fraction of sp³-hybridized carbons (Fsp3) is 0.333. The van der Waals surface area contributed by atoms with Crippen molar-refractivity contribution < 1.29 is 51.9 Å². The zero-order valence-electron chi connectivity index (χ0n) is 7.91. The van der Waals surface area contributed by atoms with E-state index in [-0.39, 0.29) is 3.57 Å². The van der Waals surface area contributed by atoms with Crippen LogP contribution in [0.15, 0.2) is 30.3 Å². The van der Waals surface area contributed by atoms with E-state index in [2.05, 4.69) is 0 Å². The predicted molar refractivity (Wildman–Crippen MR) is 41.1 cm³/mol. The van der Waals surface area contributed by atoms with Crippen LogP contribution in [0.2, 0.25) is 0 Å². The van der Waals surface area contributed by atoms with Crippen molar-refractivity contribution in [2.24, 2.45) is 0 Å². The Morgan fingerprint density at radius 1 is 0.765 bits per heavy atom. The third-order valence-electron chi connectivity index (χ3n) is 1.67. The Balaban J connectivity index is 2.96. The average molecular weight is 373 g/mol. The number of halogens is 8. The summed E-state index contributed by atoms with van der Waals surface area (Å²) in [6.07, 6.45) is -6.25. The normalized spacial score (nSPS) is 14.1. The van der Waals surface area contributed by atoms with Gasteiger partial charge in [0.2, 0.25) is 0 Å². The van der Waals surface area contributed by atoms with Crippen molar-refractivity contribution in [2.45, 2.75) is 16.0 Å². The summed E-state index contributed by atoms with van der Waals surface area (Å²) < 4.78 is 81.2. The van der Waals surface area contributed by atoms with Gasteiger partial charge in [0.1, 0.15) is 0 Å². The molecule has 0 saturated heterocycles. The molecule has 0 aliphatic carbocycles. The second kappa shape index (κ2) is 4.62. The molecule has 0 spiro atoms. The van der Waals surface area contributed by atoms with E-state index in [1.807, 2.05) is 0 Å². The zero-order valence-corrected chi connectivity index (χ0v) is 10.1. The number of benzene rings is 1. The van der Waals surface area contributed by atoms with E-state index in [1.165, 1.54) is 18.2 Å². The SMILES string of the molecule is FC(F)(F)C(F)(F)C(F)(F)[I-]c1ccccc1. The van der Waals surface area contributed by atoms with Gasteiger partial charge in [-0.25, -0.2) is 0 Å². The van der Waals surface area contributed by atoms with Crippen LogP contribution in [0.1, 0.15) is 0 Å². The van der Waals surface area contributed by atoms with Gasteiger partial charge in [0.15, 0.2) is 0 Å². The maximum atomic E-state index is 13.0.